The Labute approximate surface area is 168 Å². The lowest BCUT2D eigenvalue weighted by Crippen LogP contribution is -3.14. The maximum absolute atomic E-state index is 13.1. The number of aromatic nitrogens is 1. The lowest BCUT2D eigenvalue weighted by Gasteiger charge is -2.25. The average Bonchev–Trinajstić information content (AvgIpc) is 3.41. The summed E-state index contributed by atoms with van der Waals surface area (Å²) in [6, 6.07) is 9.70. The van der Waals surface area contributed by atoms with Crippen molar-refractivity contribution in [3.63, 3.8) is 0 Å². The van der Waals surface area contributed by atoms with Crippen LogP contribution in [0.3, 0.4) is 0 Å². The number of amides is 1. The molecule has 0 saturated carbocycles. The Morgan fingerprint density at radius 3 is 2.86 bits per heavy atom. The van der Waals surface area contributed by atoms with Gasteiger partial charge < -0.3 is 14.1 Å². The second kappa shape index (κ2) is 8.86. The Bertz CT molecular complexity index is 916. The fourth-order valence-corrected chi connectivity index (χ4v) is 4.65. The summed E-state index contributed by atoms with van der Waals surface area (Å²) < 4.78 is 11.9. The zero-order chi connectivity index (χ0) is 19.3. The highest BCUT2D eigenvalue weighted by Crippen LogP contribution is 2.32. The quantitative estimate of drug-likeness (QED) is 0.662. The van der Waals surface area contributed by atoms with Gasteiger partial charge in [-0.15, -0.1) is 0 Å². The van der Waals surface area contributed by atoms with Crippen LogP contribution < -0.4 is 9.80 Å². The number of para-hydroxylation sites is 1. The van der Waals surface area contributed by atoms with Crippen LogP contribution in [0.1, 0.15) is 29.5 Å². The average molecular weight is 401 g/mol. The molecule has 0 spiro atoms. The van der Waals surface area contributed by atoms with Crippen LogP contribution in [0, 0.1) is 0 Å². The number of anilines is 1. The molecule has 1 fully saturated rings. The van der Waals surface area contributed by atoms with E-state index in [9.17, 15) is 4.79 Å². The normalized spacial score (nSPS) is 15.2. The summed E-state index contributed by atoms with van der Waals surface area (Å²) in [6.45, 7) is 7.50. The topological polar surface area (TPSA) is 60.0 Å². The molecule has 4 rings (SSSR count). The first-order chi connectivity index (χ1) is 13.8. The molecule has 1 aromatic carbocycles. The molecule has 1 N–H and O–H groups in total. The number of morpholine rings is 1. The Kier molecular flexibility index (Phi) is 6.04. The van der Waals surface area contributed by atoms with Crippen LogP contribution in [-0.4, -0.2) is 50.3 Å². The molecule has 1 saturated heterocycles. The van der Waals surface area contributed by atoms with Gasteiger partial charge in [0, 0.05) is 13.0 Å². The van der Waals surface area contributed by atoms with Gasteiger partial charge >= 0.3 is 0 Å². The number of aryl methyl sites for hydroxylation is 1. The van der Waals surface area contributed by atoms with E-state index in [2.05, 4.69) is 25.1 Å². The van der Waals surface area contributed by atoms with Crippen LogP contribution in [0.15, 0.2) is 41.0 Å². The number of quaternary nitrogens is 1. The zero-order valence-corrected chi connectivity index (χ0v) is 17.0. The number of rotatable bonds is 7. The Morgan fingerprint density at radius 1 is 1.25 bits per heavy atom. The highest BCUT2D eigenvalue weighted by molar-refractivity contribution is 7.22. The van der Waals surface area contributed by atoms with E-state index in [0.717, 1.165) is 61.0 Å². The van der Waals surface area contributed by atoms with E-state index in [0.29, 0.717) is 12.3 Å². The van der Waals surface area contributed by atoms with Crippen molar-refractivity contribution in [3.8, 4) is 0 Å². The summed E-state index contributed by atoms with van der Waals surface area (Å²) in [5.74, 6) is 0.229. The van der Waals surface area contributed by atoms with Gasteiger partial charge in [0.15, 0.2) is 10.9 Å². The number of nitrogens with zero attached hydrogens (tertiary/aromatic N) is 2. The Balaban J connectivity index is 1.56. The number of carbonyl (C=O) groups is 1. The van der Waals surface area contributed by atoms with Crippen molar-refractivity contribution in [2.24, 2.45) is 0 Å². The van der Waals surface area contributed by atoms with E-state index in [1.165, 1.54) is 16.7 Å². The molecule has 1 amide bonds. The number of fused-ring (bicyclic) bond motifs is 1. The first-order valence-electron chi connectivity index (χ1n) is 9.91. The van der Waals surface area contributed by atoms with Gasteiger partial charge in [-0.1, -0.05) is 30.4 Å². The smallest absolute Gasteiger partial charge is 0.295 e. The fraction of sp³-hybridized carbons (Fsp3) is 0.429. The number of thiazole rings is 1. The second-order valence-electron chi connectivity index (χ2n) is 7.01. The maximum Gasteiger partial charge on any atom is 0.295 e. The van der Waals surface area contributed by atoms with Crippen LogP contribution in [0.2, 0.25) is 0 Å². The minimum atomic E-state index is -0.126. The third-order valence-corrected chi connectivity index (χ3v) is 6.24. The molecule has 0 unspecified atom stereocenters. The molecular formula is C21H26N3O3S+. The fourth-order valence-electron chi connectivity index (χ4n) is 3.61. The van der Waals surface area contributed by atoms with Crippen LogP contribution >= 0.6 is 11.3 Å². The Morgan fingerprint density at radius 2 is 2.11 bits per heavy atom. The standard InChI is InChI=1S/C21H25N3O3S/c1-2-16-6-3-8-18-19(16)22-21(28-18)24(20(25)17-7-4-13-27-17)10-5-9-23-11-14-26-15-12-23/h3-4,6-8,13H,2,5,9-12,14-15H2,1H3/p+1. The molecule has 0 radical (unpaired) electrons. The van der Waals surface area contributed by atoms with E-state index >= 15 is 0 Å². The van der Waals surface area contributed by atoms with E-state index < -0.39 is 0 Å². The SMILES string of the molecule is CCc1cccc2sc(N(CCC[NH+]3CCOCC3)C(=O)c3ccco3)nc12. The molecule has 3 aromatic rings. The van der Waals surface area contributed by atoms with Crippen LogP contribution in [0.5, 0.6) is 0 Å². The van der Waals surface area contributed by atoms with E-state index in [1.54, 1.807) is 28.4 Å². The van der Waals surface area contributed by atoms with Gasteiger partial charge in [0.2, 0.25) is 0 Å². The molecule has 2 aromatic heterocycles. The summed E-state index contributed by atoms with van der Waals surface area (Å²) in [6.07, 6.45) is 3.38. The first-order valence-corrected chi connectivity index (χ1v) is 10.7. The van der Waals surface area contributed by atoms with Crippen molar-refractivity contribution in [1.29, 1.82) is 0 Å². The zero-order valence-electron chi connectivity index (χ0n) is 16.1. The van der Waals surface area contributed by atoms with E-state index in [-0.39, 0.29) is 5.91 Å². The van der Waals surface area contributed by atoms with Gasteiger partial charge in [0.25, 0.3) is 5.91 Å². The van der Waals surface area contributed by atoms with Crippen molar-refractivity contribution < 1.29 is 18.8 Å². The summed E-state index contributed by atoms with van der Waals surface area (Å²) in [5, 5.41) is 0.745. The van der Waals surface area contributed by atoms with Crippen molar-refractivity contribution in [3.05, 3.63) is 47.9 Å². The molecule has 0 bridgehead atoms. The summed E-state index contributed by atoms with van der Waals surface area (Å²) in [7, 11) is 0. The van der Waals surface area contributed by atoms with Gasteiger partial charge in [-0.05, 0) is 30.2 Å². The molecule has 148 valence electrons. The van der Waals surface area contributed by atoms with Crippen molar-refractivity contribution in [1.82, 2.24) is 4.98 Å². The molecule has 1 aliphatic heterocycles. The van der Waals surface area contributed by atoms with Crippen molar-refractivity contribution in [2.45, 2.75) is 19.8 Å². The lowest BCUT2D eigenvalue weighted by atomic mass is 10.1. The monoisotopic (exact) mass is 400 g/mol. The van der Waals surface area contributed by atoms with Crippen LogP contribution in [0.25, 0.3) is 10.2 Å². The van der Waals surface area contributed by atoms with E-state index in [4.69, 9.17) is 14.1 Å². The van der Waals surface area contributed by atoms with Gasteiger partial charge in [-0.2, -0.15) is 0 Å². The van der Waals surface area contributed by atoms with Gasteiger partial charge in [-0.3, -0.25) is 9.69 Å². The van der Waals surface area contributed by atoms with Crippen molar-refractivity contribution >= 4 is 32.6 Å². The number of carbonyl (C=O) groups excluding carboxylic acids is 1. The van der Waals surface area contributed by atoms with Crippen LogP contribution in [0.4, 0.5) is 5.13 Å². The molecule has 3 heterocycles. The van der Waals surface area contributed by atoms with E-state index in [1.807, 2.05) is 0 Å². The molecular weight excluding hydrogens is 374 g/mol. The number of benzene rings is 1. The van der Waals surface area contributed by atoms with Gasteiger partial charge in [-0.25, -0.2) is 4.98 Å². The largest absolute Gasteiger partial charge is 0.459 e. The summed E-state index contributed by atoms with van der Waals surface area (Å²) in [5.41, 5.74) is 2.21. The molecule has 1 aliphatic rings. The highest BCUT2D eigenvalue weighted by atomic mass is 32.1. The highest BCUT2D eigenvalue weighted by Gasteiger charge is 2.24. The molecule has 0 aliphatic carbocycles. The second-order valence-corrected chi connectivity index (χ2v) is 8.02. The first kappa shape index (κ1) is 19.1. The maximum atomic E-state index is 13.1. The van der Waals surface area contributed by atoms with Gasteiger partial charge in [0.05, 0.1) is 36.2 Å². The predicted octanol–water partition coefficient (Wildman–Crippen LogP) is 2.40. The minimum Gasteiger partial charge on any atom is -0.459 e. The van der Waals surface area contributed by atoms with Crippen molar-refractivity contribution in [2.75, 3.05) is 44.3 Å². The predicted molar refractivity (Wildman–Crippen MR) is 110 cm³/mol. The number of furan rings is 1. The number of hydrogen-bond donors (Lipinski definition) is 1. The molecule has 0 atom stereocenters. The third kappa shape index (κ3) is 4.11. The summed E-state index contributed by atoms with van der Waals surface area (Å²) in [4.78, 5) is 21.2. The lowest BCUT2D eigenvalue weighted by molar-refractivity contribution is -0.908. The number of nitrogens with one attached hydrogen (secondary N) is 1. The van der Waals surface area contributed by atoms with Crippen LogP contribution in [-0.2, 0) is 11.2 Å². The number of hydrogen-bond acceptors (Lipinski definition) is 5. The Hall–Kier alpha value is -2.22. The third-order valence-electron chi connectivity index (χ3n) is 5.19. The summed E-state index contributed by atoms with van der Waals surface area (Å²) >= 11 is 1.57. The molecule has 28 heavy (non-hydrogen) atoms. The molecule has 6 nitrogen and oxygen atoms in total. The number of ether oxygens (including phenoxy) is 1. The minimum absolute atomic E-state index is 0.126. The molecule has 7 heteroatoms. The van der Waals surface area contributed by atoms with Gasteiger partial charge in [0.1, 0.15) is 13.1 Å².